The predicted molar refractivity (Wildman–Crippen MR) is 117 cm³/mol. The molecule has 0 amide bonds. The molecule has 2 N–H and O–H groups in total. The quantitative estimate of drug-likeness (QED) is 0.813. The van der Waals surface area contributed by atoms with E-state index in [1.165, 1.54) is 32.4 Å². The van der Waals surface area contributed by atoms with Crippen molar-refractivity contribution in [3.8, 4) is 0 Å². The largest absolute Gasteiger partial charge is 0.380 e. The molecule has 2 atom stereocenters. The Hall–Kier alpha value is -1.68. The van der Waals surface area contributed by atoms with Crippen molar-refractivity contribution in [1.82, 2.24) is 0 Å². The number of aliphatic hydroxyl groups is 1. The van der Waals surface area contributed by atoms with E-state index in [4.69, 9.17) is 4.74 Å². The number of likely N-dealkylation sites (tertiary alicyclic amines) is 1. The molecule has 2 aromatic carbocycles. The summed E-state index contributed by atoms with van der Waals surface area (Å²) in [7, 11) is 0. The normalized spacial score (nSPS) is 27.1. The van der Waals surface area contributed by atoms with Crippen molar-refractivity contribution in [1.29, 1.82) is 0 Å². The van der Waals surface area contributed by atoms with Gasteiger partial charge in [0.25, 0.3) is 0 Å². The Balaban J connectivity index is 1.51. The van der Waals surface area contributed by atoms with Gasteiger partial charge in [0.2, 0.25) is 0 Å². The van der Waals surface area contributed by atoms with Crippen LogP contribution in [0.1, 0.15) is 57.1 Å². The van der Waals surface area contributed by atoms with Gasteiger partial charge in [-0.1, -0.05) is 60.7 Å². The smallest absolute Gasteiger partial charge is 0.120 e. The summed E-state index contributed by atoms with van der Waals surface area (Å²) in [6, 6.07) is 20.4. The third kappa shape index (κ3) is 4.58. The molecular formula is C26H36NO2+. The van der Waals surface area contributed by atoms with Gasteiger partial charge in [0.1, 0.15) is 5.60 Å². The number of benzene rings is 2. The molecule has 1 unspecified atom stereocenters. The van der Waals surface area contributed by atoms with Crippen LogP contribution >= 0.6 is 0 Å². The third-order valence-corrected chi connectivity index (χ3v) is 7.13. The lowest BCUT2D eigenvalue weighted by Gasteiger charge is -2.48. The van der Waals surface area contributed by atoms with Crippen molar-refractivity contribution in [2.24, 2.45) is 5.41 Å². The first-order valence-corrected chi connectivity index (χ1v) is 11.2. The van der Waals surface area contributed by atoms with Gasteiger partial charge in [-0.3, -0.25) is 0 Å². The molecule has 2 aromatic rings. The summed E-state index contributed by atoms with van der Waals surface area (Å²) in [4.78, 5) is 1.64. The van der Waals surface area contributed by atoms with Gasteiger partial charge in [-0.25, -0.2) is 0 Å². The van der Waals surface area contributed by atoms with Gasteiger partial charge in [-0.2, -0.15) is 0 Å². The summed E-state index contributed by atoms with van der Waals surface area (Å²) in [5.74, 6) is 0. The fourth-order valence-electron chi connectivity index (χ4n) is 5.83. The Labute approximate surface area is 175 Å². The molecule has 2 heterocycles. The highest BCUT2D eigenvalue weighted by atomic mass is 16.5. The lowest BCUT2D eigenvalue weighted by atomic mass is 9.69. The third-order valence-electron chi connectivity index (χ3n) is 7.13. The maximum absolute atomic E-state index is 11.8. The second-order valence-electron chi connectivity index (χ2n) is 9.91. The second kappa shape index (κ2) is 8.22. The zero-order valence-electron chi connectivity index (χ0n) is 18.0. The summed E-state index contributed by atoms with van der Waals surface area (Å²) in [6.45, 7) is 8.78. The van der Waals surface area contributed by atoms with Gasteiger partial charge in [0.05, 0.1) is 25.2 Å². The molecule has 0 aliphatic carbocycles. The van der Waals surface area contributed by atoms with Crippen molar-refractivity contribution in [3.05, 3.63) is 71.8 Å². The van der Waals surface area contributed by atoms with E-state index in [0.29, 0.717) is 5.41 Å². The van der Waals surface area contributed by atoms with Crippen LogP contribution in [0.25, 0.3) is 0 Å². The molecule has 0 saturated carbocycles. The minimum atomic E-state index is -0.935. The van der Waals surface area contributed by atoms with Crippen LogP contribution in [0.2, 0.25) is 0 Å². The molecule has 29 heavy (non-hydrogen) atoms. The Morgan fingerprint density at radius 2 is 1.59 bits per heavy atom. The van der Waals surface area contributed by atoms with Crippen molar-refractivity contribution >= 4 is 0 Å². The standard InChI is InChI=1S/C26H35NO2/c1-24(2)20-25(16-19-29-24)14-9-17-27(21-25)18-15-26(28,22-10-5-3-6-11-22)23-12-7-4-8-13-23/h3-8,10-13,28H,9,14-21H2,1-2H3/p+1/t25-/m1/s1. The molecular weight excluding hydrogens is 358 g/mol. The first kappa shape index (κ1) is 20.6. The monoisotopic (exact) mass is 394 g/mol. The van der Waals surface area contributed by atoms with Crippen LogP contribution < -0.4 is 4.90 Å². The van der Waals surface area contributed by atoms with E-state index in [0.717, 1.165) is 37.1 Å². The molecule has 2 fully saturated rings. The molecule has 0 aromatic heterocycles. The number of rotatable bonds is 5. The molecule has 2 saturated heterocycles. The second-order valence-corrected chi connectivity index (χ2v) is 9.91. The van der Waals surface area contributed by atoms with E-state index in [-0.39, 0.29) is 5.60 Å². The van der Waals surface area contributed by atoms with E-state index >= 15 is 0 Å². The van der Waals surface area contributed by atoms with Crippen LogP contribution in [0.3, 0.4) is 0 Å². The average molecular weight is 395 g/mol. The summed E-state index contributed by atoms with van der Waals surface area (Å²) in [6.07, 6.45) is 5.69. The van der Waals surface area contributed by atoms with Gasteiger partial charge in [-0.05, 0) is 50.7 Å². The number of ether oxygens (including phenoxy) is 1. The lowest BCUT2D eigenvalue weighted by Crippen LogP contribution is -3.14. The highest BCUT2D eigenvalue weighted by Gasteiger charge is 2.45. The average Bonchev–Trinajstić information content (AvgIpc) is 2.72. The summed E-state index contributed by atoms with van der Waals surface area (Å²) in [5, 5.41) is 11.8. The first-order chi connectivity index (χ1) is 13.9. The van der Waals surface area contributed by atoms with Crippen molar-refractivity contribution in [3.63, 3.8) is 0 Å². The molecule has 3 nitrogen and oxygen atoms in total. The van der Waals surface area contributed by atoms with Crippen molar-refractivity contribution in [2.45, 2.75) is 57.2 Å². The lowest BCUT2D eigenvalue weighted by molar-refractivity contribution is -0.914. The van der Waals surface area contributed by atoms with Gasteiger partial charge < -0.3 is 14.7 Å². The summed E-state index contributed by atoms with van der Waals surface area (Å²) >= 11 is 0. The highest BCUT2D eigenvalue weighted by Crippen LogP contribution is 2.42. The van der Waals surface area contributed by atoms with E-state index in [1.807, 2.05) is 36.4 Å². The first-order valence-electron chi connectivity index (χ1n) is 11.2. The molecule has 2 aliphatic rings. The number of nitrogens with one attached hydrogen (secondary N) is 1. The fraction of sp³-hybridized carbons (Fsp3) is 0.538. The predicted octanol–water partition coefficient (Wildman–Crippen LogP) is 3.57. The Morgan fingerprint density at radius 3 is 2.17 bits per heavy atom. The van der Waals surface area contributed by atoms with Crippen LogP contribution in [0, 0.1) is 5.41 Å². The Bertz CT molecular complexity index is 745. The van der Waals surface area contributed by atoms with Gasteiger partial charge in [0.15, 0.2) is 0 Å². The summed E-state index contributed by atoms with van der Waals surface area (Å²) in [5.41, 5.74) is 1.45. The molecule has 3 heteroatoms. The Kier molecular flexibility index (Phi) is 5.83. The number of quaternary nitrogens is 1. The van der Waals surface area contributed by atoms with Gasteiger partial charge in [0, 0.05) is 18.4 Å². The van der Waals surface area contributed by atoms with Crippen LogP contribution in [0.5, 0.6) is 0 Å². The van der Waals surface area contributed by atoms with E-state index < -0.39 is 5.60 Å². The van der Waals surface area contributed by atoms with Gasteiger partial charge in [-0.15, -0.1) is 0 Å². The van der Waals surface area contributed by atoms with Crippen LogP contribution in [-0.2, 0) is 10.3 Å². The molecule has 0 bridgehead atoms. The highest BCUT2D eigenvalue weighted by molar-refractivity contribution is 5.35. The van der Waals surface area contributed by atoms with E-state index in [9.17, 15) is 5.11 Å². The number of piperidine rings is 1. The van der Waals surface area contributed by atoms with E-state index in [2.05, 4.69) is 38.1 Å². The zero-order chi connectivity index (χ0) is 20.4. The van der Waals surface area contributed by atoms with Crippen molar-refractivity contribution in [2.75, 3.05) is 26.2 Å². The van der Waals surface area contributed by atoms with Crippen molar-refractivity contribution < 1.29 is 14.7 Å². The minimum Gasteiger partial charge on any atom is -0.380 e. The number of hydrogen-bond donors (Lipinski definition) is 2. The topological polar surface area (TPSA) is 33.9 Å². The van der Waals surface area contributed by atoms with Gasteiger partial charge >= 0.3 is 0 Å². The number of hydrogen-bond acceptors (Lipinski definition) is 2. The minimum absolute atomic E-state index is 0.00445. The van der Waals surface area contributed by atoms with Crippen LogP contribution in [0.4, 0.5) is 0 Å². The molecule has 2 aliphatic heterocycles. The Morgan fingerprint density at radius 1 is 0.966 bits per heavy atom. The molecule has 156 valence electrons. The maximum Gasteiger partial charge on any atom is 0.120 e. The molecule has 0 radical (unpaired) electrons. The molecule has 4 rings (SSSR count). The maximum atomic E-state index is 11.8. The summed E-state index contributed by atoms with van der Waals surface area (Å²) < 4.78 is 6.01. The SMILES string of the molecule is CC1(C)C[C@@]2(CCC[NH+](CCC(O)(c3ccccc3)c3ccccc3)C2)CCO1. The van der Waals surface area contributed by atoms with Crippen LogP contribution in [0.15, 0.2) is 60.7 Å². The van der Waals surface area contributed by atoms with E-state index in [1.54, 1.807) is 4.90 Å². The fourth-order valence-corrected chi connectivity index (χ4v) is 5.83. The molecule has 1 spiro atoms. The zero-order valence-corrected chi connectivity index (χ0v) is 18.0. The van der Waals surface area contributed by atoms with Crippen LogP contribution in [-0.4, -0.2) is 36.9 Å².